The van der Waals surface area contributed by atoms with Crippen LogP contribution in [0.5, 0.6) is 11.5 Å². The highest BCUT2D eigenvalue weighted by Crippen LogP contribution is 2.52. The predicted octanol–water partition coefficient (Wildman–Crippen LogP) is 9.37. The number of nitrogens with zero attached hydrogens (tertiary/aromatic N) is 1. The largest absolute Gasteiger partial charge is 0.460 e. The molecule has 17 heteroatoms. The Kier molecular flexibility index (Phi) is 9.47. The predicted molar refractivity (Wildman–Crippen MR) is 127 cm³/mol. The highest BCUT2D eigenvalue weighted by atomic mass is 35.5. The van der Waals surface area contributed by atoms with Gasteiger partial charge < -0.3 is 14.7 Å². The van der Waals surface area contributed by atoms with Crippen LogP contribution in [0.2, 0.25) is 5.02 Å². The molecule has 3 nitrogen and oxygen atoms in total. The van der Waals surface area contributed by atoms with Crippen LogP contribution in [0.1, 0.15) is 16.7 Å². The van der Waals surface area contributed by atoms with Crippen molar-refractivity contribution in [3.8, 4) is 11.5 Å². The quantitative estimate of drug-likeness (QED) is 0.233. The number of ether oxygens (including phenoxy) is 1. The monoisotopic (exact) mass is 657 g/mol. The van der Waals surface area contributed by atoms with Crippen molar-refractivity contribution in [1.82, 2.24) is 0 Å². The van der Waals surface area contributed by atoms with Crippen LogP contribution in [0.15, 0.2) is 66.7 Å². The molecule has 0 fully saturated rings. The van der Waals surface area contributed by atoms with E-state index in [0.717, 1.165) is 30.3 Å². The Bertz CT molecular complexity index is 1420. The molecule has 0 saturated heterocycles. The molecule has 0 aliphatic rings. The van der Waals surface area contributed by atoms with Crippen molar-refractivity contribution < 1.29 is 66.9 Å². The molecule has 0 unspecified atom stereocenters. The lowest BCUT2D eigenvalue weighted by Crippen LogP contribution is -2.50. The lowest BCUT2D eigenvalue weighted by molar-refractivity contribution is -0.359. The number of aliphatic hydroxyl groups is 1. The molecule has 1 N–H and O–H groups in total. The molecule has 0 saturated carbocycles. The van der Waals surface area contributed by atoms with Gasteiger partial charge in [-0.25, -0.2) is 0 Å². The number of alkyl halides is 13. The van der Waals surface area contributed by atoms with E-state index < -0.39 is 77.0 Å². The first kappa shape index (κ1) is 34.1. The summed E-state index contributed by atoms with van der Waals surface area (Å²) in [6, 6.07) is 9.11. The topological polar surface area (TPSA) is 32.7 Å². The maximum Gasteiger partial charge on any atom is 0.460 e. The molecule has 0 spiro atoms. The van der Waals surface area contributed by atoms with Gasteiger partial charge in [-0.05, 0) is 42.0 Å². The van der Waals surface area contributed by atoms with Crippen LogP contribution >= 0.6 is 11.6 Å². The summed E-state index contributed by atoms with van der Waals surface area (Å²) in [6.45, 7) is -2.12. The summed E-state index contributed by atoms with van der Waals surface area (Å²) >= 11 is 5.56. The van der Waals surface area contributed by atoms with Gasteiger partial charge in [-0.3, -0.25) is 0 Å². The molecule has 43 heavy (non-hydrogen) atoms. The average molecular weight is 658 g/mol. The molecule has 3 aromatic carbocycles. The number of halogens is 14. The van der Waals surface area contributed by atoms with Crippen LogP contribution in [-0.2, 0) is 18.6 Å². The van der Waals surface area contributed by atoms with Gasteiger partial charge in [0.1, 0.15) is 11.5 Å². The van der Waals surface area contributed by atoms with E-state index in [0.29, 0.717) is 17.0 Å². The fraction of sp³-hybridized carbons (Fsp3) is 0.308. The minimum atomic E-state index is -6.64. The highest BCUT2D eigenvalue weighted by molar-refractivity contribution is 6.31. The molecule has 0 aliphatic heterocycles. The van der Waals surface area contributed by atoms with Gasteiger partial charge in [-0.15, -0.1) is 0 Å². The molecule has 0 bridgehead atoms. The standard InChI is InChI=1S/C26H17ClF13NO2/c27-20-8-7-18(11-19(20)23(30,31)32)43-17-6-2-5-16(10-17)41(13-21(42)24(33,34)35)12-14-3-1-4-15(9-14)22(28,29)25(36,37)26(38,39)40/h1-11,21,42H,12-13H2/t21-/m1/s1. The Morgan fingerprint density at radius 2 is 1.35 bits per heavy atom. The zero-order chi connectivity index (χ0) is 32.6. The fourth-order valence-electron chi connectivity index (χ4n) is 3.68. The van der Waals surface area contributed by atoms with Crippen LogP contribution in [-0.4, -0.2) is 36.0 Å². The molecule has 0 aliphatic carbocycles. The molecule has 0 radical (unpaired) electrons. The summed E-state index contributed by atoms with van der Waals surface area (Å²) in [5.41, 5.74) is -3.73. The minimum Gasteiger partial charge on any atom is -0.457 e. The van der Waals surface area contributed by atoms with Crippen molar-refractivity contribution in [3.63, 3.8) is 0 Å². The smallest absolute Gasteiger partial charge is 0.457 e. The molecule has 0 amide bonds. The SMILES string of the molecule is O[C@H](CN(Cc1cccc(C(F)(F)C(F)(F)C(F)(F)F)c1)c1cccc(Oc2ccc(Cl)c(C(F)(F)F)c2)c1)C(F)(F)F. The second kappa shape index (κ2) is 11.9. The summed E-state index contributed by atoms with van der Waals surface area (Å²) in [6.07, 6.45) is -19.8. The van der Waals surface area contributed by atoms with E-state index in [1.54, 1.807) is 0 Å². The highest BCUT2D eigenvalue weighted by Gasteiger charge is 2.73. The maximum absolute atomic E-state index is 14.3. The fourth-order valence-corrected chi connectivity index (χ4v) is 3.91. The molecule has 0 aromatic heterocycles. The van der Waals surface area contributed by atoms with Gasteiger partial charge >= 0.3 is 30.4 Å². The maximum atomic E-state index is 14.3. The van der Waals surface area contributed by atoms with Crippen LogP contribution < -0.4 is 9.64 Å². The second-order valence-electron chi connectivity index (χ2n) is 9.02. The van der Waals surface area contributed by atoms with Crippen molar-refractivity contribution in [1.29, 1.82) is 0 Å². The van der Waals surface area contributed by atoms with E-state index >= 15 is 0 Å². The van der Waals surface area contributed by atoms with E-state index in [4.69, 9.17) is 16.3 Å². The van der Waals surface area contributed by atoms with E-state index in [2.05, 4.69) is 0 Å². The van der Waals surface area contributed by atoms with Gasteiger partial charge in [-0.2, -0.15) is 57.1 Å². The Morgan fingerprint density at radius 1 is 0.744 bits per heavy atom. The van der Waals surface area contributed by atoms with Gasteiger partial charge in [-0.1, -0.05) is 35.9 Å². The normalized spacial score (nSPS) is 14.0. The molecular weight excluding hydrogens is 641 g/mol. The third-order valence-corrected chi connectivity index (χ3v) is 6.18. The number of benzene rings is 3. The Morgan fingerprint density at radius 3 is 1.93 bits per heavy atom. The van der Waals surface area contributed by atoms with Gasteiger partial charge in [0.05, 0.1) is 17.1 Å². The number of aliphatic hydroxyl groups excluding tert-OH is 1. The first-order chi connectivity index (χ1) is 19.5. The van der Waals surface area contributed by atoms with Crippen LogP contribution in [0.25, 0.3) is 0 Å². The van der Waals surface area contributed by atoms with Crippen molar-refractivity contribution in [3.05, 3.63) is 88.4 Å². The first-order valence-electron chi connectivity index (χ1n) is 11.6. The Labute approximate surface area is 239 Å². The van der Waals surface area contributed by atoms with Gasteiger partial charge in [0, 0.05) is 23.9 Å². The summed E-state index contributed by atoms with van der Waals surface area (Å²) < 4.78 is 178. The van der Waals surface area contributed by atoms with Crippen LogP contribution in [0, 0.1) is 0 Å². The third kappa shape index (κ3) is 7.77. The second-order valence-corrected chi connectivity index (χ2v) is 9.43. The zero-order valence-electron chi connectivity index (χ0n) is 20.9. The van der Waals surface area contributed by atoms with Crippen molar-refractivity contribution in [2.24, 2.45) is 0 Å². The van der Waals surface area contributed by atoms with Gasteiger partial charge in [0.2, 0.25) is 0 Å². The number of hydrogen-bond acceptors (Lipinski definition) is 3. The van der Waals surface area contributed by atoms with Crippen LogP contribution in [0.3, 0.4) is 0 Å². The molecule has 3 rings (SSSR count). The van der Waals surface area contributed by atoms with Crippen molar-refractivity contribution >= 4 is 17.3 Å². The van der Waals surface area contributed by atoms with Crippen molar-refractivity contribution in [2.75, 3.05) is 11.4 Å². The number of rotatable bonds is 9. The number of anilines is 1. The number of hydrogen-bond donors (Lipinski definition) is 1. The van der Waals surface area contributed by atoms with Crippen LogP contribution in [0.4, 0.5) is 62.8 Å². The molecular formula is C26H17ClF13NO2. The third-order valence-electron chi connectivity index (χ3n) is 5.85. The van der Waals surface area contributed by atoms with E-state index in [1.807, 2.05) is 0 Å². The average Bonchev–Trinajstić information content (AvgIpc) is 2.87. The Hall–Kier alpha value is -3.40. The lowest BCUT2D eigenvalue weighted by atomic mass is 9.99. The van der Waals surface area contributed by atoms with E-state index in [1.165, 1.54) is 12.1 Å². The van der Waals surface area contributed by atoms with Crippen molar-refractivity contribution in [2.45, 2.75) is 43.0 Å². The zero-order valence-corrected chi connectivity index (χ0v) is 21.7. The minimum absolute atomic E-state index is 0.233. The lowest BCUT2D eigenvalue weighted by Gasteiger charge is -2.30. The van der Waals surface area contributed by atoms with Gasteiger partial charge in [0.25, 0.3) is 0 Å². The summed E-state index contributed by atoms with van der Waals surface area (Å²) in [4.78, 5) is 0.715. The van der Waals surface area contributed by atoms with E-state index in [9.17, 15) is 62.2 Å². The Balaban J connectivity index is 1.99. The summed E-state index contributed by atoms with van der Waals surface area (Å²) in [5, 5.41) is 9.00. The molecule has 3 aromatic rings. The first-order valence-corrected chi connectivity index (χ1v) is 12.0. The summed E-state index contributed by atoms with van der Waals surface area (Å²) in [7, 11) is 0. The molecule has 236 valence electrons. The molecule has 0 heterocycles. The van der Waals surface area contributed by atoms with Gasteiger partial charge in [0.15, 0.2) is 6.10 Å². The molecule has 1 atom stereocenters. The van der Waals surface area contributed by atoms with E-state index in [-0.39, 0.29) is 23.6 Å². The summed E-state index contributed by atoms with van der Waals surface area (Å²) in [5.74, 6) is -12.9.